The van der Waals surface area contributed by atoms with Gasteiger partial charge in [-0.25, -0.2) is 0 Å². The minimum atomic E-state index is -1.31. The van der Waals surface area contributed by atoms with Gasteiger partial charge in [0.2, 0.25) is 0 Å². The molecule has 0 unspecified atom stereocenters. The predicted molar refractivity (Wildman–Crippen MR) is 19.9 cm³/mol. The molecule has 0 aromatic carbocycles. The predicted octanol–water partition coefficient (Wildman–Crippen LogP) is -0.454. The molecule has 0 heterocycles. The van der Waals surface area contributed by atoms with E-state index in [1.807, 2.05) is 0 Å². The second kappa shape index (κ2) is 2.17. The van der Waals surface area contributed by atoms with Gasteiger partial charge in [0.25, 0.3) is 0 Å². The van der Waals surface area contributed by atoms with Gasteiger partial charge in [0.05, 0.1) is 0 Å². The fourth-order valence-corrected chi connectivity index (χ4v) is 0.129. The third-order valence-corrected chi connectivity index (χ3v) is 0.302. The lowest BCUT2D eigenvalue weighted by Crippen LogP contribution is -2.03. The molecule has 0 aliphatic rings. The van der Waals surface area contributed by atoms with Gasteiger partial charge >= 0.3 is 11.9 Å². The highest BCUT2D eigenvalue weighted by atomic mass is 16.4. The molecule has 0 aliphatic carbocycles. The molecule has 0 bridgehead atoms. The van der Waals surface area contributed by atoms with Crippen molar-refractivity contribution in [2.45, 2.75) is 6.42 Å². The highest BCUT2D eigenvalue weighted by Crippen LogP contribution is 1.74. The van der Waals surface area contributed by atoms with Crippen LogP contribution < -0.4 is 0 Å². The van der Waals surface area contributed by atoms with Crippen molar-refractivity contribution in [1.29, 1.82) is 0 Å². The van der Waals surface area contributed by atoms with Gasteiger partial charge in [0.15, 0.2) is 0 Å². The zero-order chi connectivity index (χ0) is 5.86. The first-order valence-corrected chi connectivity index (χ1v) is 1.56. The fraction of sp³-hybridized carbons (Fsp3) is 0.333. The first-order chi connectivity index (χ1) is 3.13. The quantitative estimate of drug-likeness (QED) is 0.368. The molecule has 0 fully saturated rings. The topological polar surface area (TPSA) is 74.6 Å². The van der Waals surface area contributed by atoms with Crippen LogP contribution in [-0.2, 0) is 9.59 Å². The summed E-state index contributed by atoms with van der Waals surface area (Å²) in [6.45, 7) is 0. The summed E-state index contributed by atoms with van der Waals surface area (Å²) in [5.74, 6) is -2.62. The van der Waals surface area contributed by atoms with Gasteiger partial charge in [-0.3, -0.25) is 9.59 Å². The van der Waals surface area contributed by atoms with Crippen molar-refractivity contribution in [3.63, 3.8) is 0 Å². The average molecular weight is 105 g/mol. The third-order valence-electron chi connectivity index (χ3n) is 0.302. The van der Waals surface area contributed by atoms with Gasteiger partial charge in [0, 0.05) is 0 Å². The van der Waals surface area contributed by atoms with Gasteiger partial charge in [-0.05, 0) is 0 Å². The second-order valence-electron chi connectivity index (χ2n) is 0.964. The summed E-state index contributed by atoms with van der Waals surface area (Å²) >= 11 is 0. The van der Waals surface area contributed by atoms with Crippen LogP contribution in [-0.4, -0.2) is 22.2 Å². The number of hydrogen-bond donors (Lipinski definition) is 2. The highest BCUT2D eigenvalue weighted by Gasteiger charge is 2.01. The van der Waals surface area contributed by atoms with Crippen LogP contribution in [0.4, 0.5) is 0 Å². The number of aliphatic carboxylic acids is 2. The van der Waals surface area contributed by atoms with Crippen molar-refractivity contribution in [3.8, 4) is 0 Å². The first kappa shape index (κ1) is 5.94. The number of carboxylic acid groups (broad SMARTS) is 2. The molecule has 40 valence electrons. The number of carboxylic acids is 2. The van der Waals surface area contributed by atoms with E-state index < -0.39 is 18.4 Å². The number of rotatable bonds is 2. The Bertz CT molecular complexity index is 83.1. The minimum absolute atomic E-state index is 0.806. The first-order valence-electron chi connectivity index (χ1n) is 1.56. The van der Waals surface area contributed by atoms with E-state index in [0.29, 0.717) is 0 Å². The maximum absolute atomic E-state index is 9.43. The van der Waals surface area contributed by atoms with Crippen LogP contribution in [0.25, 0.3) is 0 Å². The lowest BCUT2D eigenvalue weighted by molar-refractivity contribution is -0.147. The van der Waals surface area contributed by atoms with Gasteiger partial charge in [-0.1, -0.05) is 0 Å². The summed E-state index contributed by atoms with van der Waals surface area (Å²) in [7, 11) is 0. The van der Waals surface area contributed by atoms with E-state index >= 15 is 0 Å². The monoisotopic (exact) mass is 105 g/mol. The molecule has 7 heavy (non-hydrogen) atoms. The standard InChI is InChI=1S/C3H4O4/c4-2(5)1-3(6)7/h1H2,(H,4,5)(H,6,7)/i1+1. The highest BCUT2D eigenvalue weighted by molar-refractivity contribution is 5.88. The smallest absolute Gasteiger partial charge is 0.314 e. The molecule has 2 N–H and O–H groups in total. The lowest BCUT2D eigenvalue weighted by Gasteiger charge is -1.80. The molecule has 0 aromatic heterocycles. The zero-order valence-electron chi connectivity index (χ0n) is 3.42. The van der Waals surface area contributed by atoms with Crippen LogP contribution >= 0.6 is 0 Å². The van der Waals surface area contributed by atoms with Crippen molar-refractivity contribution in [1.82, 2.24) is 0 Å². The van der Waals surface area contributed by atoms with E-state index in [4.69, 9.17) is 10.2 Å². The summed E-state index contributed by atoms with van der Waals surface area (Å²) in [6, 6.07) is 0. The van der Waals surface area contributed by atoms with Crippen molar-refractivity contribution < 1.29 is 19.8 Å². The Balaban J connectivity index is 3.32. The van der Waals surface area contributed by atoms with Gasteiger partial charge < -0.3 is 10.2 Å². The van der Waals surface area contributed by atoms with Crippen molar-refractivity contribution in [2.24, 2.45) is 0 Å². The van der Waals surface area contributed by atoms with E-state index in [1.54, 1.807) is 0 Å². The fourth-order valence-electron chi connectivity index (χ4n) is 0.129. The Labute approximate surface area is 39.4 Å². The van der Waals surface area contributed by atoms with Gasteiger partial charge in [0.1, 0.15) is 6.42 Å². The molecular weight excluding hydrogens is 101 g/mol. The van der Waals surface area contributed by atoms with Crippen molar-refractivity contribution in [2.75, 3.05) is 0 Å². The van der Waals surface area contributed by atoms with Gasteiger partial charge in [-0.2, -0.15) is 0 Å². The number of carbonyl (C=O) groups is 2. The summed E-state index contributed by atoms with van der Waals surface area (Å²) in [4.78, 5) is 18.9. The number of hydrogen-bond acceptors (Lipinski definition) is 2. The van der Waals surface area contributed by atoms with E-state index in [9.17, 15) is 9.59 Å². The average Bonchev–Trinajstić information content (AvgIpc) is 1.27. The third kappa shape index (κ3) is 4.94. The zero-order valence-corrected chi connectivity index (χ0v) is 3.42. The molecule has 0 saturated heterocycles. The summed E-state index contributed by atoms with van der Waals surface area (Å²) in [6.07, 6.45) is -0.806. The van der Waals surface area contributed by atoms with Crippen LogP contribution in [0.3, 0.4) is 0 Å². The van der Waals surface area contributed by atoms with Crippen LogP contribution in [0, 0.1) is 0 Å². The Morgan fingerprint density at radius 3 is 1.43 bits per heavy atom. The lowest BCUT2D eigenvalue weighted by atomic mass is 10.8. The van der Waals surface area contributed by atoms with Gasteiger partial charge in [-0.15, -0.1) is 0 Å². The normalized spacial score (nSPS) is 8.00. The molecule has 0 aromatic rings. The molecule has 4 nitrogen and oxygen atoms in total. The summed E-state index contributed by atoms with van der Waals surface area (Å²) in [5, 5.41) is 15.4. The molecular formula is C3H4O4. The molecule has 0 saturated carbocycles. The second-order valence-corrected chi connectivity index (χ2v) is 0.964. The van der Waals surface area contributed by atoms with E-state index in [2.05, 4.69) is 0 Å². The molecule has 4 heteroatoms. The molecule has 0 aliphatic heterocycles. The molecule has 0 radical (unpaired) electrons. The Morgan fingerprint density at radius 1 is 1.14 bits per heavy atom. The SMILES string of the molecule is O=C(O)[13CH2]C(=O)O. The Kier molecular flexibility index (Phi) is 1.84. The summed E-state index contributed by atoms with van der Waals surface area (Å²) < 4.78 is 0. The van der Waals surface area contributed by atoms with Crippen LogP contribution in [0.15, 0.2) is 0 Å². The maximum atomic E-state index is 9.43. The largest absolute Gasteiger partial charge is 0.481 e. The molecule has 0 atom stereocenters. The molecule has 0 rings (SSSR count). The van der Waals surface area contributed by atoms with Crippen molar-refractivity contribution in [3.05, 3.63) is 0 Å². The molecule has 0 amide bonds. The van der Waals surface area contributed by atoms with Crippen LogP contribution in [0.1, 0.15) is 6.42 Å². The Hall–Kier alpha value is -1.06. The van der Waals surface area contributed by atoms with E-state index in [1.165, 1.54) is 0 Å². The van der Waals surface area contributed by atoms with Crippen LogP contribution in [0.2, 0.25) is 0 Å². The Morgan fingerprint density at radius 2 is 1.43 bits per heavy atom. The van der Waals surface area contributed by atoms with E-state index in [-0.39, 0.29) is 0 Å². The summed E-state index contributed by atoms with van der Waals surface area (Å²) in [5.41, 5.74) is 0. The molecule has 0 spiro atoms. The van der Waals surface area contributed by atoms with E-state index in [0.717, 1.165) is 0 Å². The van der Waals surface area contributed by atoms with Crippen molar-refractivity contribution >= 4 is 11.9 Å². The maximum Gasteiger partial charge on any atom is 0.314 e. The minimum Gasteiger partial charge on any atom is -0.481 e. The van der Waals surface area contributed by atoms with Crippen LogP contribution in [0.5, 0.6) is 0 Å².